The fourth-order valence-corrected chi connectivity index (χ4v) is 1.49. The largest absolute Gasteiger partial charge is 0.396 e. The molecule has 0 amide bonds. The average Bonchev–Trinajstić information content (AvgIpc) is 2.03. The van der Waals surface area contributed by atoms with Gasteiger partial charge in [-0.2, -0.15) is 0 Å². The molecule has 1 N–H and O–H groups in total. The van der Waals surface area contributed by atoms with Crippen molar-refractivity contribution in [3.8, 4) is 0 Å². The molecule has 0 aromatic rings. The van der Waals surface area contributed by atoms with Gasteiger partial charge in [-0.05, 0) is 24.2 Å². The van der Waals surface area contributed by atoms with Crippen molar-refractivity contribution in [2.45, 2.75) is 53.4 Å². The molecule has 0 heterocycles. The molecule has 1 heteroatoms. The minimum Gasteiger partial charge on any atom is -0.396 e. The Balaban J connectivity index is 3.70. The molecule has 0 rings (SSSR count). The maximum absolute atomic E-state index is 8.66. The molecule has 0 aliphatic carbocycles. The Morgan fingerprint density at radius 2 is 1.83 bits per heavy atom. The summed E-state index contributed by atoms with van der Waals surface area (Å²) in [4.78, 5) is 0. The SMILES string of the molecule is CCC(C)C(C)(C)CCCCO. The van der Waals surface area contributed by atoms with Crippen LogP contribution in [-0.4, -0.2) is 11.7 Å². The smallest absolute Gasteiger partial charge is 0.0431 e. The molecule has 0 saturated heterocycles. The molecule has 0 spiro atoms. The lowest BCUT2D eigenvalue weighted by molar-refractivity contribution is 0.190. The van der Waals surface area contributed by atoms with Gasteiger partial charge in [0.2, 0.25) is 0 Å². The summed E-state index contributed by atoms with van der Waals surface area (Å²) in [5, 5.41) is 8.66. The number of hydrogen-bond acceptors (Lipinski definition) is 1. The molecular weight excluding hydrogens is 148 g/mol. The Morgan fingerprint density at radius 3 is 2.25 bits per heavy atom. The summed E-state index contributed by atoms with van der Waals surface area (Å²) in [6.07, 6.45) is 4.61. The average molecular weight is 172 g/mol. The van der Waals surface area contributed by atoms with E-state index in [0.29, 0.717) is 12.0 Å². The molecule has 0 aromatic heterocycles. The predicted octanol–water partition coefficient (Wildman–Crippen LogP) is 3.22. The van der Waals surface area contributed by atoms with E-state index >= 15 is 0 Å². The monoisotopic (exact) mass is 172 g/mol. The highest BCUT2D eigenvalue weighted by Crippen LogP contribution is 2.33. The lowest BCUT2D eigenvalue weighted by Crippen LogP contribution is -2.20. The van der Waals surface area contributed by atoms with Crippen LogP contribution >= 0.6 is 0 Å². The molecule has 74 valence electrons. The third kappa shape index (κ3) is 4.10. The van der Waals surface area contributed by atoms with E-state index in [9.17, 15) is 0 Å². The van der Waals surface area contributed by atoms with E-state index in [-0.39, 0.29) is 0 Å². The van der Waals surface area contributed by atoms with Gasteiger partial charge in [-0.1, -0.05) is 40.5 Å². The Bertz CT molecular complexity index is 108. The Morgan fingerprint density at radius 1 is 1.25 bits per heavy atom. The van der Waals surface area contributed by atoms with Crippen molar-refractivity contribution in [3.05, 3.63) is 0 Å². The zero-order valence-corrected chi connectivity index (χ0v) is 9.06. The van der Waals surface area contributed by atoms with Gasteiger partial charge >= 0.3 is 0 Å². The Labute approximate surface area is 77.2 Å². The lowest BCUT2D eigenvalue weighted by atomic mass is 9.75. The second-order valence-electron chi connectivity index (χ2n) is 4.48. The second-order valence-corrected chi connectivity index (χ2v) is 4.48. The van der Waals surface area contributed by atoms with Gasteiger partial charge in [0, 0.05) is 6.61 Å². The third-order valence-corrected chi connectivity index (χ3v) is 3.18. The van der Waals surface area contributed by atoms with Crippen LogP contribution in [0.25, 0.3) is 0 Å². The van der Waals surface area contributed by atoms with E-state index in [1.807, 2.05) is 0 Å². The van der Waals surface area contributed by atoms with Gasteiger partial charge in [0.15, 0.2) is 0 Å². The van der Waals surface area contributed by atoms with Gasteiger partial charge in [-0.3, -0.25) is 0 Å². The van der Waals surface area contributed by atoms with Crippen LogP contribution in [0.15, 0.2) is 0 Å². The molecule has 0 radical (unpaired) electrons. The fourth-order valence-electron chi connectivity index (χ4n) is 1.49. The van der Waals surface area contributed by atoms with Gasteiger partial charge in [-0.25, -0.2) is 0 Å². The van der Waals surface area contributed by atoms with Gasteiger partial charge in [0.05, 0.1) is 0 Å². The van der Waals surface area contributed by atoms with Crippen molar-refractivity contribution in [1.82, 2.24) is 0 Å². The van der Waals surface area contributed by atoms with Crippen molar-refractivity contribution in [1.29, 1.82) is 0 Å². The first-order valence-electron chi connectivity index (χ1n) is 5.15. The minimum absolute atomic E-state index is 0.344. The number of rotatable bonds is 6. The summed E-state index contributed by atoms with van der Waals surface area (Å²) in [6.45, 7) is 9.57. The van der Waals surface area contributed by atoms with Crippen LogP contribution in [-0.2, 0) is 0 Å². The van der Waals surface area contributed by atoms with Crippen LogP contribution in [0.1, 0.15) is 53.4 Å². The summed E-state index contributed by atoms with van der Waals surface area (Å²) in [7, 11) is 0. The second kappa shape index (κ2) is 5.58. The molecule has 0 aliphatic heterocycles. The van der Waals surface area contributed by atoms with Crippen LogP contribution in [0, 0.1) is 11.3 Å². The van der Waals surface area contributed by atoms with E-state index in [0.717, 1.165) is 18.8 Å². The van der Waals surface area contributed by atoms with Crippen LogP contribution in [0.2, 0.25) is 0 Å². The molecule has 1 unspecified atom stereocenters. The van der Waals surface area contributed by atoms with E-state index < -0.39 is 0 Å². The summed E-state index contributed by atoms with van der Waals surface area (Å²) in [5.74, 6) is 0.788. The molecule has 0 fully saturated rings. The van der Waals surface area contributed by atoms with E-state index in [2.05, 4.69) is 27.7 Å². The number of hydrogen-bond donors (Lipinski definition) is 1. The van der Waals surface area contributed by atoms with Gasteiger partial charge in [0.25, 0.3) is 0 Å². The van der Waals surface area contributed by atoms with Gasteiger partial charge in [-0.15, -0.1) is 0 Å². The zero-order valence-electron chi connectivity index (χ0n) is 9.06. The number of aliphatic hydroxyl groups is 1. The number of unbranched alkanes of at least 4 members (excludes halogenated alkanes) is 1. The fraction of sp³-hybridized carbons (Fsp3) is 1.00. The molecule has 0 aromatic carbocycles. The van der Waals surface area contributed by atoms with E-state index in [1.54, 1.807) is 0 Å². The van der Waals surface area contributed by atoms with E-state index in [4.69, 9.17) is 5.11 Å². The minimum atomic E-state index is 0.344. The first kappa shape index (κ1) is 12.0. The third-order valence-electron chi connectivity index (χ3n) is 3.18. The first-order valence-corrected chi connectivity index (χ1v) is 5.15. The van der Waals surface area contributed by atoms with Gasteiger partial charge in [0.1, 0.15) is 0 Å². The quantitative estimate of drug-likeness (QED) is 0.610. The molecule has 0 bridgehead atoms. The van der Waals surface area contributed by atoms with Crippen molar-refractivity contribution < 1.29 is 5.11 Å². The maximum atomic E-state index is 8.66. The highest BCUT2D eigenvalue weighted by molar-refractivity contribution is 4.74. The lowest BCUT2D eigenvalue weighted by Gasteiger charge is -2.31. The molecule has 12 heavy (non-hydrogen) atoms. The van der Waals surface area contributed by atoms with Crippen molar-refractivity contribution in [2.75, 3.05) is 6.61 Å². The van der Waals surface area contributed by atoms with E-state index in [1.165, 1.54) is 12.8 Å². The molecule has 1 atom stereocenters. The van der Waals surface area contributed by atoms with Crippen LogP contribution in [0.5, 0.6) is 0 Å². The van der Waals surface area contributed by atoms with Crippen LogP contribution in [0.4, 0.5) is 0 Å². The van der Waals surface area contributed by atoms with Crippen molar-refractivity contribution in [3.63, 3.8) is 0 Å². The normalized spacial score (nSPS) is 14.8. The highest BCUT2D eigenvalue weighted by Gasteiger charge is 2.23. The van der Waals surface area contributed by atoms with Crippen molar-refractivity contribution in [2.24, 2.45) is 11.3 Å². The summed E-state index contributed by atoms with van der Waals surface area (Å²) in [6, 6.07) is 0. The summed E-state index contributed by atoms with van der Waals surface area (Å²) in [5.41, 5.74) is 0.448. The van der Waals surface area contributed by atoms with Crippen LogP contribution < -0.4 is 0 Å². The molecule has 1 nitrogen and oxygen atoms in total. The van der Waals surface area contributed by atoms with Gasteiger partial charge < -0.3 is 5.11 Å². The highest BCUT2D eigenvalue weighted by atomic mass is 16.2. The molecule has 0 aliphatic rings. The predicted molar refractivity (Wildman–Crippen MR) is 54.2 cm³/mol. The Hall–Kier alpha value is -0.0400. The topological polar surface area (TPSA) is 20.2 Å². The maximum Gasteiger partial charge on any atom is 0.0431 e. The molecule has 0 saturated carbocycles. The van der Waals surface area contributed by atoms with Crippen LogP contribution in [0.3, 0.4) is 0 Å². The summed E-state index contributed by atoms with van der Waals surface area (Å²) >= 11 is 0. The zero-order chi connectivity index (χ0) is 9.61. The first-order chi connectivity index (χ1) is 5.54. The molecular formula is C11H24O. The number of aliphatic hydroxyl groups excluding tert-OH is 1. The van der Waals surface area contributed by atoms with Crippen molar-refractivity contribution >= 4 is 0 Å². The Kier molecular flexibility index (Phi) is 5.56. The standard InChI is InChI=1S/C11H24O/c1-5-10(2)11(3,4)8-6-7-9-12/h10,12H,5-9H2,1-4H3. The summed E-state index contributed by atoms with van der Waals surface area (Å²) < 4.78 is 0.